The van der Waals surface area contributed by atoms with Gasteiger partial charge in [0.05, 0.1) is 19.6 Å². The summed E-state index contributed by atoms with van der Waals surface area (Å²) in [5.41, 5.74) is 0. The van der Waals surface area contributed by atoms with Crippen LogP contribution in [0.4, 0.5) is 0 Å². The van der Waals surface area contributed by atoms with Crippen LogP contribution in [-0.2, 0) is 34.0 Å². The van der Waals surface area contributed by atoms with Crippen LogP contribution in [0.1, 0.15) is 103 Å². The van der Waals surface area contributed by atoms with Crippen molar-refractivity contribution in [3.63, 3.8) is 0 Å². The SMILES string of the molecule is CCCCCCCCC=CCCCCCCCC(=O)NCCOCCOC(=O)CC(C(=O)O)S(=O)(=O)O. The first-order chi connectivity index (χ1) is 17.7. The van der Waals surface area contributed by atoms with Crippen molar-refractivity contribution in [1.82, 2.24) is 5.32 Å². The van der Waals surface area contributed by atoms with E-state index >= 15 is 0 Å². The standard InChI is InChI=1S/C26H47NO9S/c1-2-3-4-5-6-7-8-9-10-11-12-13-14-15-16-17-24(28)27-18-19-35-20-21-36-25(29)22-23(26(30)31)37(32,33)34/h9-10,23H,2-8,11-22H2,1H3,(H,27,28)(H,30,31)(H,32,33,34). The molecule has 0 aromatic rings. The Hall–Kier alpha value is -1.98. The lowest BCUT2D eigenvalue weighted by atomic mass is 10.1. The molecule has 37 heavy (non-hydrogen) atoms. The van der Waals surface area contributed by atoms with Crippen LogP contribution in [0, 0.1) is 0 Å². The number of esters is 1. The maximum absolute atomic E-state index is 11.8. The van der Waals surface area contributed by atoms with E-state index in [0.717, 1.165) is 25.7 Å². The lowest BCUT2D eigenvalue weighted by molar-refractivity contribution is -0.148. The molecule has 1 amide bonds. The fourth-order valence-corrected chi connectivity index (χ4v) is 4.16. The molecule has 0 aliphatic rings. The lowest BCUT2D eigenvalue weighted by Gasteiger charge is -2.10. The molecule has 0 radical (unpaired) electrons. The molecule has 0 spiro atoms. The number of allylic oxidation sites excluding steroid dienone is 2. The number of rotatable bonds is 25. The second-order valence-electron chi connectivity index (χ2n) is 9.06. The van der Waals surface area contributed by atoms with Gasteiger partial charge < -0.3 is 19.9 Å². The summed E-state index contributed by atoms with van der Waals surface area (Å²) in [5.74, 6) is -2.97. The Kier molecular flexibility index (Phi) is 21.9. The molecule has 11 heteroatoms. The number of hydrogen-bond donors (Lipinski definition) is 3. The fraction of sp³-hybridized carbons (Fsp3) is 0.808. The van der Waals surface area contributed by atoms with E-state index in [4.69, 9.17) is 14.4 Å². The molecule has 0 heterocycles. The van der Waals surface area contributed by atoms with Crippen molar-refractivity contribution in [2.45, 2.75) is 108 Å². The number of carboxylic acids is 1. The molecule has 216 valence electrons. The first-order valence-electron chi connectivity index (χ1n) is 13.5. The quantitative estimate of drug-likeness (QED) is 0.0648. The fourth-order valence-electron chi connectivity index (χ4n) is 3.55. The third-order valence-electron chi connectivity index (χ3n) is 5.71. The van der Waals surface area contributed by atoms with Crippen LogP contribution in [0.2, 0.25) is 0 Å². The van der Waals surface area contributed by atoms with Crippen molar-refractivity contribution in [2.75, 3.05) is 26.4 Å². The average molecular weight is 550 g/mol. The van der Waals surface area contributed by atoms with Crippen LogP contribution in [0.25, 0.3) is 0 Å². The zero-order valence-corrected chi connectivity index (χ0v) is 23.1. The molecular weight excluding hydrogens is 502 g/mol. The summed E-state index contributed by atoms with van der Waals surface area (Å²) in [6.45, 7) is 2.54. The van der Waals surface area contributed by atoms with Crippen LogP contribution >= 0.6 is 0 Å². The van der Waals surface area contributed by atoms with E-state index in [1.807, 2.05) is 0 Å². The van der Waals surface area contributed by atoms with Crippen molar-refractivity contribution >= 4 is 28.0 Å². The number of hydrogen-bond acceptors (Lipinski definition) is 7. The van der Waals surface area contributed by atoms with Crippen LogP contribution in [0.5, 0.6) is 0 Å². The first-order valence-corrected chi connectivity index (χ1v) is 15.0. The van der Waals surface area contributed by atoms with Crippen molar-refractivity contribution in [2.24, 2.45) is 0 Å². The zero-order chi connectivity index (χ0) is 27.8. The largest absolute Gasteiger partial charge is 0.480 e. The molecule has 0 aliphatic carbocycles. The molecule has 0 saturated carbocycles. The molecule has 0 rings (SSSR count). The Bertz CT molecular complexity index is 753. The zero-order valence-electron chi connectivity index (χ0n) is 22.3. The number of carbonyl (C=O) groups is 3. The molecule has 0 aliphatic heterocycles. The third-order valence-corrected chi connectivity index (χ3v) is 6.80. The van der Waals surface area contributed by atoms with Crippen molar-refractivity contribution in [1.29, 1.82) is 0 Å². The molecule has 0 aromatic carbocycles. The number of amides is 1. The second-order valence-corrected chi connectivity index (χ2v) is 10.7. The number of carboxylic acid groups (broad SMARTS) is 1. The normalized spacial score (nSPS) is 12.5. The van der Waals surface area contributed by atoms with Gasteiger partial charge in [0.2, 0.25) is 5.91 Å². The van der Waals surface area contributed by atoms with Gasteiger partial charge in [0.15, 0.2) is 5.25 Å². The maximum atomic E-state index is 11.8. The minimum absolute atomic E-state index is 0.000536. The molecule has 0 fully saturated rings. The second kappa shape index (κ2) is 23.2. The monoisotopic (exact) mass is 549 g/mol. The van der Waals surface area contributed by atoms with E-state index in [2.05, 4.69) is 29.1 Å². The summed E-state index contributed by atoms with van der Waals surface area (Å²) in [7, 11) is -4.91. The third kappa shape index (κ3) is 22.9. The molecule has 1 atom stereocenters. The first kappa shape index (κ1) is 35.0. The van der Waals surface area contributed by atoms with Crippen LogP contribution in [-0.4, -0.2) is 67.5 Å². The predicted molar refractivity (Wildman–Crippen MR) is 142 cm³/mol. The Morgan fingerprint density at radius 2 is 1.41 bits per heavy atom. The predicted octanol–water partition coefficient (Wildman–Crippen LogP) is 4.43. The van der Waals surface area contributed by atoms with Crippen molar-refractivity contribution in [3.8, 4) is 0 Å². The molecule has 3 N–H and O–H groups in total. The summed E-state index contributed by atoms with van der Waals surface area (Å²) in [6.07, 6.45) is 19.7. The summed E-state index contributed by atoms with van der Waals surface area (Å²) < 4.78 is 40.5. The van der Waals surface area contributed by atoms with E-state index in [1.54, 1.807) is 0 Å². The van der Waals surface area contributed by atoms with Gasteiger partial charge in [-0.05, 0) is 32.1 Å². The highest BCUT2D eigenvalue weighted by Crippen LogP contribution is 2.10. The Balaban J connectivity index is 3.51. The van der Waals surface area contributed by atoms with E-state index in [9.17, 15) is 22.8 Å². The minimum atomic E-state index is -4.91. The van der Waals surface area contributed by atoms with Gasteiger partial charge >= 0.3 is 11.9 Å². The highest BCUT2D eigenvalue weighted by atomic mass is 32.2. The summed E-state index contributed by atoms with van der Waals surface area (Å²) >= 11 is 0. The molecule has 0 aromatic heterocycles. The Morgan fingerprint density at radius 1 is 0.838 bits per heavy atom. The lowest BCUT2D eigenvalue weighted by Crippen LogP contribution is -2.33. The van der Waals surface area contributed by atoms with Gasteiger partial charge in [-0.15, -0.1) is 0 Å². The molecular formula is C26H47NO9S. The minimum Gasteiger partial charge on any atom is -0.480 e. The Labute approximate surface area is 222 Å². The summed E-state index contributed by atoms with van der Waals surface area (Å²) in [5, 5.41) is 9.21. The molecule has 0 saturated heterocycles. The van der Waals surface area contributed by atoms with Gasteiger partial charge in [-0.1, -0.05) is 70.4 Å². The topological polar surface area (TPSA) is 156 Å². The smallest absolute Gasteiger partial charge is 0.325 e. The summed E-state index contributed by atoms with van der Waals surface area (Å²) in [4.78, 5) is 34.1. The van der Waals surface area contributed by atoms with Gasteiger partial charge in [0, 0.05) is 13.0 Å². The number of ether oxygens (including phenoxy) is 2. The van der Waals surface area contributed by atoms with Crippen LogP contribution < -0.4 is 5.32 Å². The highest BCUT2D eigenvalue weighted by Gasteiger charge is 2.33. The van der Waals surface area contributed by atoms with Gasteiger partial charge in [-0.25, -0.2) is 0 Å². The average Bonchev–Trinajstić information content (AvgIpc) is 2.83. The van der Waals surface area contributed by atoms with Gasteiger partial charge in [0.1, 0.15) is 6.61 Å². The Morgan fingerprint density at radius 3 is 1.97 bits per heavy atom. The van der Waals surface area contributed by atoms with Gasteiger partial charge in [-0.3, -0.25) is 18.9 Å². The van der Waals surface area contributed by atoms with Gasteiger partial charge in [0.25, 0.3) is 10.1 Å². The van der Waals surface area contributed by atoms with E-state index in [-0.39, 0.29) is 25.7 Å². The van der Waals surface area contributed by atoms with Crippen molar-refractivity contribution in [3.05, 3.63) is 12.2 Å². The number of unbranched alkanes of at least 4 members (excludes halogenated alkanes) is 11. The number of aliphatic carboxylic acids is 1. The number of carbonyl (C=O) groups excluding carboxylic acids is 2. The van der Waals surface area contributed by atoms with Gasteiger partial charge in [-0.2, -0.15) is 8.42 Å². The maximum Gasteiger partial charge on any atom is 0.325 e. The van der Waals surface area contributed by atoms with E-state index in [0.29, 0.717) is 13.0 Å². The van der Waals surface area contributed by atoms with E-state index in [1.165, 1.54) is 57.8 Å². The number of nitrogens with one attached hydrogen (secondary N) is 1. The van der Waals surface area contributed by atoms with E-state index < -0.39 is 33.7 Å². The highest BCUT2D eigenvalue weighted by molar-refractivity contribution is 7.87. The molecule has 0 bridgehead atoms. The van der Waals surface area contributed by atoms with Crippen LogP contribution in [0.15, 0.2) is 12.2 Å². The van der Waals surface area contributed by atoms with Crippen molar-refractivity contribution < 1.29 is 41.9 Å². The molecule has 10 nitrogen and oxygen atoms in total. The summed E-state index contributed by atoms with van der Waals surface area (Å²) in [6, 6.07) is 0. The van der Waals surface area contributed by atoms with Crippen LogP contribution in [0.3, 0.4) is 0 Å². The molecule has 1 unspecified atom stereocenters.